The van der Waals surface area contributed by atoms with E-state index >= 15 is 0 Å². The van der Waals surface area contributed by atoms with E-state index in [2.05, 4.69) is 58.9 Å². The molecule has 1 heterocycles. The quantitative estimate of drug-likeness (QED) is 0.852. The molecule has 2 rings (SSSR count). The molecule has 0 radical (unpaired) electrons. The summed E-state index contributed by atoms with van der Waals surface area (Å²) in [5.74, 6) is 0.464. The highest BCUT2D eigenvalue weighted by atomic mass is 16.3. The third-order valence-corrected chi connectivity index (χ3v) is 3.93. The number of fused-ring (bicyclic) bond motifs is 1. The molecular weight excluding hydrogens is 258 g/mol. The van der Waals surface area contributed by atoms with Gasteiger partial charge in [-0.25, -0.2) is 0 Å². The van der Waals surface area contributed by atoms with Gasteiger partial charge in [0.25, 0.3) is 0 Å². The maximum atomic E-state index is 10.6. The van der Waals surface area contributed by atoms with Crippen molar-refractivity contribution in [2.24, 2.45) is 0 Å². The fourth-order valence-electron chi connectivity index (χ4n) is 2.49. The normalized spacial score (nSPS) is 13.2. The summed E-state index contributed by atoms with van der Waals surface area (Å²) in [6, 6.07) is 8.45. The van der Waals surface area contributed by atoms with Crippen LogP contribution in [0.2, 0.25) is 0 Å². The number of nitrogens with zero attached hydrogens (tertiary/aromatic N) is 1. The van der Waals surface area contributed by atoms with E-state index in [4.69, 9.17) is 4.98 Å². The molecule has 0 aliphatic carbocycles. The van der Waals surface area contributed by atoms with Crippen LogP contribution in [0.1, 0.15) is 71.2 Å². The predicted octanol–water partition coefficient (Wildman–Crippen LogP) is 4.88. The van der Waals surface area contributed by atoms with Crippen LogP contribution in [0.5, 0.6) is 0 Å². The minimum Gasteiger partial charge on any atom is -0.386 e. The minimum absolute atomic E-state index is 0.0368. The van der Waals surface area contributed by atoms with Crippen molar-refractivity contribution in [3.63, 3.8) is 0 Å². The van der Waals surface area contributed by atoms with Gasteiger partial charge in [0.05, 0.1) is 11.1 Å². The fraction of sp³-hybridized carbons (Fsp3) is 0.526. The third kappa shape index (κ3) is 3.26. The predicted molar refractivity (Wildman–Crippen MR) is 89.8 cm³/mol. The van der Waals surface area contributed by atoms with Crippen molar-refractivity contribution in [1.82, 2.24) is 4.98 Å². The highest BCUT2D eigenvalue weighted by Gasteiger charge is 2.24. The lowest BCUT2D eigenvalue weighted by Gasteiger charge is -2.25. The van der Waals surface area contributed by atoms with Gasteiger partial charge in [0, 0.05) is 16.5 Å². The molecule has 2 heteroatoms. The Morgan fingerprint density at radius 1 is 1.00 bits per heavy atom. The van der Waals surface area contributed by atoms with E-state index in [1.165, 1.54) is 5.56 Å². The summed E-state index contributed by atoms with van der Waals surface area (Å²) in [6.07, 6.45) is 0. The summed E-state index contributed by atoms with van der Waals surface area (Å²) in [4.78, 5) is 4.81. The van der Waals surface area contributed by atoms with Gasteiger partial charge >= 0.3 is 0 Å². The van der Waals surface area contributed by atoms with E-state index in [1.807, 2.05) is 13.8 Å². The zero-order valence-electron chi connectivity index (χ0n) is 14.3. The van der Waals surface area contributed by atoms with Crippen LogP contribution in [-0.4, -0.2) is 10.1 Å². The van der Waals surface area contributed by atoms with Gasteiger partial charge in [0.15, 0.2) is 0 Å². The van der Waals surface area contributed by atoms with Gasteiger partial charge in [-0.05, 0) is 49.1 Å². The van der Waals surface area contributed by atoms with Crippen molar-refractivity contribution < 1.29 is 5.11 Å². The first kappa shape index (κ1) is 16.0. The molecule has 1 N–H and O–H groups in total. The van der Waals surface area contributed by atoms with Crippen LogP contribution in [0.4, 0.5) is 0 Å². The molecule has 0 amide bonds. The van der Waals surface area contributed by atoms with Gasteiger partial charge in [-0.2, -0.15) is 0 Å². The average molecular weight is 285 g/mol. The zero-order valence-corrected chi connectivity index (χ0v) is 14.3. The molecule has 0 aliphatic rings. The van der Waals surface area contributed by atoms with Crippen molar-refractivity contribution in [1.29, 1.82) is 0 Å². The van der Waals surface area contributed by atoms with Crippen molar-refractivity contribution in [2.45, 2.75) is 65.4 Å². The van der Waals surface area contributed by atoms with Crippen LogP contribution in [0.25, 0.3) is 10.9 Å². The van der Waals surface area contributed by atoms with Gasteiger partial charge < -0.3 is 5.11 Å². The Balaban J connectivity index is 2.82. The summed E-state index contributed by atoms with van der Waals surface area (Å²) < 4.78 is 0. The Kier molecular flexibility index (Phi) is 3.88. The van der Waals surface area contributed by atoms with E-state index in [0.717, 1.165) is 22.2 Å². The summed E-state index contributed by atoms with van der Waals surface area (Å²) in [6.45, 7) is 14.5. The molecule has 0 bridgehead atoms. The highest BCUT2D eigenvalue weighted by molar-refractivity contribution is 5.84. The lowest BCUT2D eigenvalue weighted by atomic mass is 9.85. The van der Waals surface area contributed by atoms with Crippen LogP contribution >= 0.6 is 0 Å². The number of aliphatic hydroxyl groups is 1. The monoisotopic (exact) mass is 285 g/mol. The molecule has 0 saturated heterocycles. The molecule has 0 saturated carbocycles. The molecule has 2 nitrogen and oxygen atoms in total. The number of benzene rings is 1. The number of aromatic nitrogens is 1. The van der Waals surface area contributed by atoms with Gasteiger partial charge in [-0.1, -0.05) is 40.7 Å². The zero-order chi connectivity index (χ0) is 16.0. The van der Waals surface area contributed by atoms with E-state index in [0.29, 0.717) is 5.92 Å². The van der Waals surface area contributed by atoms with Crippen LogP contribution in [0.3, 0.4) is 0 Å². The van der Waals surface area contributed by atoms with Crippen molar-refractivity contribution in [3.8, 4) is 0 Å². The second-order valence-electron chi connectivity index (χ2n) is 7.80. The highest BCUT2D eigenvalue weighted by Crippen LogP contribution is 2.33. The maximum absolute atomic E-state index is 10.6. The van der Waals surface area contributed by atoms with Gasteiger partial charge in [0.1, 0.15) is 0 Å². The minimum atomic E-state index is -0.878. The van der Waals surface area contributed by atoms with Gasteiger partial charge in [-0.3, -0.25) is 4.98 Å². The largest absolute Gasteiger partial charge is 0.386 e. The molecule has 114 valence electrons. The summed E-state index contributed by atoms with van der Waals surface area (Å²) in [5.41, 5.74) is 3.30. The van der Waals surface area contributed by atoms with Crippen molar-refractivity contribution in [3.05, 3.63) is 41.1 Å². The van der Waals surface area contributed by atoms with Gasteiger partial charge in [-0.15, -0.1) is 0 Å². The lowest BCUT2D eigenvalue weighted by Crippen LogP contribution is -2.20. The van der Waals surface area contributed by atoms with Crippen LogP contribution < -0.4 is 0 Å². The first-order valence-corrected chi connectivity index (χ1v) is 7.68. The van der Waals surface area contributed by atoms with E-state index in [1.54, 1.807) is 0 Å². The summed E-state index contributed by atoms with van der Waals surface area (Å²) >= 11 is 0. The molecule has 1 aromatic carbocycles. The maximum Gasteiger partial charge on any atom is 0.0847 e. The third-order valence-electron chi connectivity index (χ3n) is 3.93. The molecule has 0 spiro atoms. The number of rotatable bonds is 2. The molecule has 1 aromatic heterocycles. The summed E-state index contributed by atoms with van der Waals surface area (Å²) in [5, 5.41) is 11.6. The Labute approximate surface area is 128 Å². The number of hydrogen-bond acceptors (Lipinski definition) is 2. The van der Waals surface area contributed by atoms with E-state index in [9.17, 15) is 5.11 Å². The fourth-order valence-corrected chi connectivity index (χ4v) is 2.49. The van der Waals surface area contributed by atoms with Crippen LogP contribution in [-0.2, 0) is 11.0 Å². The average Bonchev–Trinajstić information content (AvgIpc) is 2.34. The number of pyridine rings is 1. The van der Waals surface area contributed by atoms with Crippen molar-refractivity contribution >= 4 is 10.9 Å². The molecule has 2 aromatic rings. The molecule has 0 atom stereocenters. The van der Waals surface area contributed by atoms with Crippen molar-refractivity contribution in [2.75, 3.05) is 0 Å². The molecule has 0 unspecified atom stereocenters. The topological polar surface area (TPSA) is 33.1 Å². The standard InChI is InChI=1S/C19H27NO/c1-12(2)13-8-9-16-14(10-13)15(19(6,7)21)11-17(20-16)18(3,4)5/h8-12,21H,1-7H3. The first-order valence-electron chi connectivity index (χ1n) is 7.68. The van der Waals surface area contributed by atoms with Gasteiger partial charge in [0.2, 0.25) is 0 Å². The second kappa shape index (κ2) is 5.10. The Hall–Kier alpha value is -1.41. The second-order valence-corrected chi connectivity index (χ2v) is 7.80. The summed E-state index contributed by atoms with van der Waals surface area (Å²) in [7, 11) is 0. The SMILES string of the molecule is CC(C)c1ccc2nc(C(C)(C)C)cc(C(C)(C)O)c2c1. The Morgan fingerprint density at radius 3 is 2.10 bits per heavy atom. The molecular formula is C19H27NO. The smallest absolute Gasteiger partial charge is 0.0847 e. The van der Waals surface area contributed by atoms with E-state index in [-0.39, 0.29) is 5.41 Å². The molecule has 0 fully saturated rings. The number of hydrogen-bond donors (Lipinski definition) is 1. The van der Waals surface area contributed by atoms with Crippen LogP contribution in [0.15, 0.2) is 24.3 Å². The first-order chi connectivity index (χ1) is 9.50. The Morgan fingerprint density at radius 2 is 1.62 bits per heavy atom. The Bertz CT molecular complexity index is 658. The molecule has 0 aliphatic heterocycles. The van der Waals surface area contributed by atoms with Crippen LogP contribution in [0, 0.1) is 0 Å². The lowest BCUT2D eigenvalue weighted by molar-refractivity contribution is 0.0799. The van der Waals surface area contributed by atoms with E-state index < -0.39 is 5.60 Å². The molecule has 21 heavy (non-hydrogen) atoms.